The number of nitro benzene ring substituents is 1. The molecule has 0 unspecified atom stereocenters. The lowest BCUT2D eigenvalue weighted by Crippen LogP contribution is -2.00. The van der Waals surface area contributed by atoms with Crippen molar-refractivity contribution >= 4 is 11.5 Å². The minimum atomic E-state index is -0.474. The molecule has 0 heterocycles. The number of nitro groups is 1. The van der Waals surface area contributed by atoms with Gasteiger partial charge in [0.1, 0.15) is 0 Å². The summed E-state index contributed by atoms with van der Waals surface area (Å²) < 4.78 is 0. The number of ketones is 1. The van der Waals surface area contributed by atoms with Crippen LogP contribution in [0.3, 0.4) is 0 Å². The standard InChI is InChI=1S/C14H19NO3/c1-2-3-4-5-6-10-14(16)12-8-7-9-13(11-12)15(17)18/h7-9,11H,2-6,10H2,1H3. The first-order valence-electron chi connectivity index (χ1n) is 6.42. The third-order valence-corrected chi connectivity index (χ3v) is 2.89. The summed E-state index contributed by atoms with van der Waals surface area (Å²) >= 11 is 0. The minimum Gasteiger partial charge on any atom is -0.294 e. The molecule has 4 nitrogen and oxygen atoms in total. The van der Waals surface area contributed by atoms with Gasteiger partial charge in [0.05, 0.1) is 4.92 Å². The van der Waals surface area contributed by atoms with Gasteiger partial charge in [0.15, 0.2) is 5.78 Å². The van der Waals surface area contributed by atoms with Crippen LogP contribution in [-0.2, 0) is 0 Å². The molecule has 0 aromatic heterocycles. The molecule has 0 aliphatic carbocycles. The largest absolute Gasteiger partial charge is 0.294 e. The van der Waals surface area contributed by atoms with Crippen molar-refractivity contribution in [3.8, 4) is 0 Å². The van der Waals surface area contributed by atoms with E-state index in [1.54, 1.807) is 12.1 Å². The molecule has 0 fully saturated rings. The van der Waals surface area contributed by atoms with Gasteiger partial charge in [0.2, 0.25) is 0 Å². The molecule has 0 bridgehead atoms. The van der Waals surface area contributed by atoms with Gasteiger partial charge in [0, 0.05) is 24.1 Å². The maximum absolute atomic E-state index is 11.8. The molecule has 0 N–H and O–H groups in total. The van der Waals surface area contributed by atoms with E-state index in [1.165, 1.54) is 25.0 Å². The van der Waals surface area contributed by atoms with E-state index in [0.717, 1.165) is 19.3 Å². The second-order valence-electron chi connectivity index (χ2n) is 4.39. The van der Waals surface area contributed by atoms with Crippen molar-refractivity contribution in [3.05, 3.63) is 39.9 Å². The molecule has 0 spiro atoms. The smallest absolute Gasteiger partial charge is 0.270 e. The van der Waals surface area contributed by atoms with Crippen molar-refractivity contribution in [2.24, 2.45) is 0 Å². The zero-order valence-electron chi connectivity index (χ0n) is 10.7. The number of non-ortho nitro benzene ring substituents is 1. The molecule has 0 aliphatic heterocycles. The number of hydrogen-bond acceptors (Lipinski definition) is 3. The Morgan fingerprint density at radius 1 is 1.22 bits per heavy atom. The zero-order valence-corrected chi connectivity index (χ0v) is 10.7. The van der Waals surface area contributed by atoms with Crippen molar-refractivity contribution in [2.75, 3.05) is 0 Å². The Morgan fingerprint density at radius 3 is 2.61 bits per heavy atom. The van der Waals surface area contributed by atoms with E-state index in [4.69, 9.17) is 0 Å². The number of hydrogen-bond donors (Lipinski definition) is 0. The molecule has 0 aliphatic rings. The van der Waals surface area contributed by atoms with Gasteiger partial charge < -0.3 is 0 Å². The molecule has 0 amide bonds. The van der Waals surface area contributed by atoms with Gasteiger partial charge in [-0.25, -0.2) is 0 Å². The normalized spacial score (nSPS) is 10.3. The molecule has 1 rings (SSSR count). The Morgan fingerprint density at radius 2 is 1.94 bits per heavy atom. The summed E-state index contributed by atoms with van der Waals surface area (Å²) in [7, 11) is 0. The van der Waals surface area contributed by atoms with Crippen molar-refractivity contribution in [1.82, 2.24) is 0 Å². The fourth-order valence-electron chi connectivity index (χ4n) is 1.83. The summed E-state index contributed by atoms with van der Waals surface area (Å²) in [6.45, 7) is 2.15. The van der Waals surface area contributed by atoms with Gasteiger partial charge in [-0.15, -0.1) is 0 Å². The summed E-state index contributed by atoms with van der Waals surface area (Å²) in [5.74, 6) is -0.00445. The second kappa shape index (κ2) is 7.58. The van der Waals surface area contributed by atoms with Crippen LogP contribution in [0.15, 0.2) is 24.3 Å². The highest BCUT2D eigenvalue weighted by Crippen LogP contribution is 2.16. The van der Waals surface area contributed by atoms with Gasteiger partial charge in [-0.3, -0.25) is 14.9 Å². The van der Waals surface area contributed by atoms with Gasteiger partial charge in [0.25, 0.3) is 5.69 Å². The predicted molar refractivity (Wildman–Crippen MR) is 70.8 cm³/mol. The van der Waals surface area contributed by atoms with E-state index < -0.39 is 4.92 Å². The highest BCUT2D eigenvalue weighted by Gasteiger charge is 2.10. The summed E-state index contributed by atoms with van der Waals surface area (Å²) in [6.07, 6.45) is 5.92. The summed E-state index contributed by atoms with van der Waals surface area (Å²) in [4.78, 5) is 22.0. The van der Waals surface area contributed by atoms with E-state index in [9.17, 15) is 14.9 Å². The lowest BCUT2D eigenvalue weighted by atomic mass is 10.0. The average Bonchev–Trinajstić information content (AvgIpc) is 2.38. The SMILES string of the molecule is CCCCCCCC(=O)c1cccc([N+](=O)[O-])c1. The third-order valence-electron chi connectivity index (χ3n) is 2.89. The van der Waals surface area contributed by atoms with Crippen LogP contribution in [0.2, 0.25) is 0 Å². The summed E-state index contributed by atoms with van der Waals surface area (Å²) in [5, 5.41) is 10.6. The number of nitrogens with zero attached hydrogens (tertiary/aromatic N) is 1. The Bertz CT molecular complexity index is 415. The van der Waals surface area contributed by atoms with Crippen LogP contribution in [-0.4, -0.2) is 10.7 Å². The van der Waals surface area contributed by atoms with Crippen LogP contribution < -0.4 is 0 Å². The molecule has 0 saturated heterocycles. The van der Waals surface area contributed by atoms with Crippen LogP contribution in [0, 0.1) is 10.1 Å². The van der Waals surface area contributed by atoms with Crippen molar-refractivity contribution in [2.45, 2.75) is 45.4 Å². The molecule has 0 saturated carbocycles. The number of Topliss-reactive ketones (excluding diaryl/α,β-unsaturated/α-hetero) is 1. The van der Waals surface area contributed by atoms with Crippen molar-refractivity contribution in [3.63, 3.8) is 0 Å². The van der Waals surface area contributed by atoms with Crippen LogP contribution >= 0.6 is 0 Å². The lowest BCUT2D eigenvalue weighted by molar-refractivity contribution is -0.384. The highest BCUT2D eigenvalue weighted by molar-refractivity contribution is 5.96. The number of carbonyl (C=O) groups is 1. The predicted octanol–water partition coefficient (Wildman–Crippen LogP) is 4.14. The van der Waals surface area contributed by atoms with Crippen LogP contribution in [0.25, 0.3) is 0 Å². The monoisotopic (exact) mass is 249 g/mol. The van der Waals surface area contributed by atoms with E-state index in [1.807, 2.05) is 0 Å². The summed E-state index contributed by atoms with van der Waals surface area (Å²) in [5.41, 5.74) is 0.423. The van der Waals surface area contributed by atoms with E-state index in [-0.39, 0.29) is 11.5 Å². The molecule has 18 heavy (non-hydrogen) atoms. The van der Waals surface area contributed by atoms with Crippen LogP contribution in [0.4, 0.5) is 5.69 Å². The number of rotatable bonds is 8. The van der Waals surface area contributed by atoms with Gasteiger partial charge >= 0.3 is 0 Å². The number of carbonyl (C=O) groups excluding carboxylic acids is 1. The maximum Gasteiger partial charge on any atom is 0.270 e. The average molecular weight is 249 g/mol. The Hall–Kier alpha value is -1.71. The number of unbranched alkanes of at least 4 members (excludes halogenated alkanes) is 4. The van der Waals surface area contributed by atoms with Crippen LogP contribution in [0.5, 0.6) is 0 Å². The Kier molecular flexibility index (Phi) is 6.05. The zero-order chi connectivity index (χ0) is 13.4. The second-order valence-corrected chi connectivity index (χ2v) is 4.39. The van der Waals surface area contributed by atoms with E-state index in [2.05, 4.69) is 6.92 Å². The third kappa shape index (κ3) is 4.65. The molecule has 0 radical (unpaired) electrons. The Labute approximate surface area is 107 Å². The maximum atomic E-state index is 11.8. The molecular formula is C14H19NO3. The highest BCUT2D eigenvalue weighted by atomic mass is 16.6. The van der Waals surface area contributed by atoms with Gasteiger partial charge in [-0.05, 0) is 6.42 Å². The van der Waals surface area contributed by atoms with Gasteiger partial charge in [-0.1, -0.05) is 44.7 Å². The van der Waals surface area contributed by atoms with Crippen molar-refractivity contribution in [1.29, 1.82) is 0 Å². The van der Waals surface area contributed by atoms with Crippen molar-refractivity contribution < 1.29 is 9.72 Å². The first-order valence-corrected chi connectivity index (χ1v) is 6.42. The molecular weight excluding hydrogens is 230 g/mol. The number of benzene rings is 1. The van der Waals surface area contributed by atoms with Gasteiger partial charge in [-0.2, -0.15) is 0 Å². The van der Waals surface area contributed by atoms with E-state index >= 15 is 0 Å². The van der Waals surface area contributed by atoms with E-state index in [0.29, 0.717) is 12.0 Å². The Balaban J connectivity index is 2.46. The molecule has 4 heteroatoms. The van der Waals surface area contributed by atoms with Crippen LogP contribution in [0.1, 0.15) is 55.8 Å². The molecule has 1 aromatic rings. The summed E-state index contributed by atoms with van der Waals surface area (Å²) in [6, 6.07) is 5.95. The molecule has 98 valence electrons. The fraction of sp³-hybridized carbons (Fsp3) is 0.500. The fourth-order valence-corrected chi connectivity index (χ4v) is 1.83. The first-order chi connectivity index (χ1) is 8.65. The topological polar surface area (TPSA) is 60.2 Å². The first kappa shape index (κ1) is 14.4. The molecule has 1 aromatic carbocycles. The minimum absolute atomic E-state index is 0.00445. The quantitative estimate of drug-likeness (QED) is 0.301. The lowest BCUT2D eigenvalue weighted by Gasteiger charge is -2.01. The molecule has 0 atom stereocenters.